The number of aryl methyl sites for hydroxylation is 2. The molecule has 7 heteroatoms. The van der Waals surface area contributed by atoms with Crippen molar-refractivity contribution in [3.05, 3.63) is 55.4 Å². The van der Waals surface area contributed by atoms with Gasteiger partial charge < -0.3 is 5.32 Å². The van der Waals surface area contributed by atoms with Gasteiger partial charge in [0.25, 0.3) is 5.56 Å². The van der Waals surface area contributed by atoms with E-state index in [1.807, 2.05) is 24.3 Å². The summed E-state index contributed by atoms with van der Waals surface area (Å²) in [5, 5.41) is 3.55. The summed E-state index contributed by atoms with van der Waals surface area (Å²) in [5.41, 5.74) is 1.73. The molecule has 1 unspecified atom stereocenters. The molecule has 1 amide bonds. The van der Waals surface area contributed by atoms with Crippen LogP contribution in [0.1, 0.15) is 29.6 Å². The quantitative estimate of drug-likeness (QED) is 0.653. The highest BCUT2D eigenvalue weighted by Gasteiger charge is 2.24. The molecule has 1 N–H and O–H groups in total. The van der Waals surface area contributed by atoms with Gasteiger partial charge in [-0.05, 0) is 55.9 Å². The summed E-state index contributed by atoms with van der Waals surface area (Å²) in [6.45, 7) is 3.99. The Labute approximate surface area is 169 Å². The molecule has 0 spiro atoms. The van der Waals surface area contributed by atoms with Crippen molar-refractivity contribution in [1.29, 1.82) is 0 Å². The molecule has 2 heterocycles. The number of amides is 1. The first-order chi connectivity index (χ1) is 12.9. The number of thiophene rings is 1. The van der Waals surface area contributed by atoms with Gasteiger partial charge >= 0.3 is 0 Å². The maximum atomic E-state index is 13.1. The van der Waals surface area contributed by atoms with Crippen molar-refractivity contribution in [1.82, 2.24) is 9.55 Å². The van der Waals surface area contributed by atoms with Crippen molar-refractivity contribution in [3.8, 4) is 0 Å². The van der Waals surface area contributed by atoms with Gasteiger partial charge in [0, 0.05) is 15.0 Å². The first-order valence-electron chi connectivity index (χ1n) is 8.99. The monoisotopic (exact) mass is 445 g/mol. The van der Waals surface area contributed by atoms with Gasteiger partial charge in [-0.3, -0.25) is 14.2 Å². The molecule has 4 rings (SSSR count). The molecule has 2 aromatic heterocycles. The van der Waals surface area contributed by atoms with Crippen LogP contribution in [0.25, 0.3) is 10.2 Å². The molecular weight excluding hydrogens is 426 g/mol. The lowest BCUT2D eigenvalue weighted by Gasteiger charge is -2.17. The molecule has 0 radical (unpaired) electrons. The van der Waals surface area contributed by atoms with Crippen LogP contribution in [0.3, 0.4) is 0 Å². The van der Waals surface area contributed by atoms with Gasteiger partial charge in [0.15, 0.2) is 0 Å². The lowest BCUT2D eigenvalue weighted by atomic mass is 9.89. The van der Waals surface area contributed by atoms with Gasteiger partial charge in [0.2, 0.25) is 5.91 Å². The molecule has 0 saturated carbocycles. The van der Waals surface area contributed by atoms with Gasteiger partial charge in [-0.15, -0.1) is 11.3 Å². The molecular formula is C20H20BrN3O2S. The van der Waals surface area contributed by atoms with Crippen LogP contribution < -0.4 is 10.9 Å². The number of halogens is 1. The van der Waals surface area contributed by atoms with E-state index in [1.54, 1.807) is 18.3 Å². The molecule has 0 fully saturated rings. The molecule has 0 aliphatic heterocycles. The number of carbonyl (C=O) groups excluding carboxylic acids is 1. The summed E-state index contributed by atoms with van der Waals surface area (Å²) >= 11 is 5.02. The number of nitrogens with one attached hydrogen (secondary N) is 1. The largest absolute Gasteiger partial charge is 0.324 e. The number of anilines is 1. The summed E-state index contributed by atoms with van der Waals surface area (Å²) in [6.07, 6.45) is 3.02. The number of hydrogen-bond donors (Lipinski definition) is 1. The van der Waals surface area contributed by atoms with Gasteiger partial charge in [-0.2, -0.15) is 0 Å². The Morgan fingerprint density at radius 3 is 3.04 bits per heavy atom. The second-order valence-corrected chi connectivity index (χ2v) is 9.14. The fourth-order valence-corrected chi connectivity index (χ4v) is 5.44. The molecule has 0 bridgehead atoms. The van der Waals surface area contributed by atoms with E-state index in [9.17, 15) is 9.59 Å². The van der Waals surface area contributed by atoms with Crippen molar-refractivity contribution >= 4 is 49.1 Å². The Morgan fingerprint density at radius 2 is 2.26 bits per heavy atom. The van der Waals surface area contributed by atoms with E-state index in [2.05, 4.69) is 33.2 Å². The number of rotatable bonds is 3. The molecule has 0 saturated heterocycles. The predicted octanol–water partition coefficient (Wildman–Crippen LogP) is 4.29. The van der Waals surface area contributed by atoms with Crippen LogP contribution in [-0.2, 0) is 24.2 Å². The minimum absolute atomic E-state index is 0.0405. The summed E-state index contributed by atoms with van der Waals surface area (Å²) in [5.74, 6) is 0.977. The number of nitrogens with zero attached hydrogens (tertiary/aromatic N) is 2. The molecule has 3 aromatic rings. The normalized spacial score (nSPS) is 16.3. The maximum absolute atomic E-state index is 13.1. The van der Waals surface area contributed by atoms with Crippen LogP contribution in [0.4, 0.5) is 5.69 Å². The van der Waals surface area contributed by atoms with E-state index in [1.165, 1.54) is 9.44 Å². The average molecular weight is 446 g/mol. The molecule has 140 valence electrons. The Balaban J connectivity index is 1.67. The number of benzene rings is 1. The van der Waals surface area contributed by atoms with Crippen LogP contribution in [0, 0.1) is 12.8 Å². The zero-order chi connectivity index (χ0) is 19.1. The molecule has 1 atom stereocenters. The summed E-state index contributed by atoms with van der Waals surface area (Å²) in [6, 6.07) is 7.38. The highest BCUT2D eigenvalue weighted by atomic mass is 79.9. The summed E-state index contributed by atoms with van der Waals surface area (Å²) in [7, 11) is 0. The van der Waals surface area contributed by atoms with Crippen LogP contribution in [0.5, 0.6) is 0 Å². The summed E-state index contributed by atoms with van der Waals surface area (Å²) in [4.78, 5) is 32.4. The van der Waals surface area contributed by atoms with E-state index in [-0.39, 0.29) is 18.0 Å². The van der Waals surface area contributed by atoms with Crippen molar-refractivity contribution in [2.45, 2.75) is 39.7 Å². The third-order valence-corrected chi connectivity index (χ3v) is 6.66. The lowest BCUT2D eigenvalue weighted by Crippen LogP contribution is -2.30. The predicted molar refractivity (Wildman–Crippen MR) is 113 cm³/mol. The number of aromatic nitrogens is 2. The third kappa shape index (κ3) is 3.58. The summed E-state index contributed by atoms with van der Waals surface area (Å²) < 4.78 is 2.37. The highest BCUT2D eigenvalue weighted by molar-refractivity contribution is 9.10. The first kappa shape index (κ1) is 18.4. The minimum Gasteiger partial charge on any atom is -0.324 e. The van der Waals surface area contributed by atoms with Gasteiger partial charge in [-0.25, -0.2) is 4.98 Å². The van der Waals surface area contributed by atoms with Gasteiger partial charge in [0.1, 0.15) is 17.2 Å². The van der Waals surface area contributed by atoms with Gasteiger partial charge in [-0.1, -0.05) is 28.9 Å². The Hall–Kier alpha value is -1.99. The number of hydrogen-bond acceptors (Lipinski definition) is 4. The van der Waals surface area contributed by atoms with Crippen molar-refractivity contribution in [2.24, 2.45) is 5.92 Å². The van der Waals surface area contributed by atoms with E-state index < -0.39 is 0 Å². The van der Waals surface area contributed by atoms with Gasteiger partial charge in [0.05, 0.1) is 5.39 Å². The van der Waals surface area contributed by atoms with Crippen LogP contribution in [-0.4, -0.2) is 15.5 Å². The maximum Gasteiger partial charge on any atom is 0.263 e. The van der Waals surface area contributed by atoms with Crippen molar-refractivity contribution in [3.63, 3.8) is 0 Å². The molecule has 1 aromatic carbocycles. The lowest BCUT2D eigenvalue weighted by molar-refractivity contribution is -0.116. The number of carbonyl (C=O) groups is 1. The smallest absolute Gasteiger partial charge is 0.263 e. The first-order valence-corrected chi connectivity index (χ1v) is 10.6. The van der Waals surface area contributed by atoms with E-state index in [4.69, 9.17) is 0 Å². The Morgan fingerprint density at radius 1 is 1.44 bits per heavy atom. The van der Waals surface area contributed by atoms with Crippen LogP contribution in [0.2, 0.25) is 0 Å². The highest BCUT2D eigenvalue weighted by Crippen LogP contribution is 2.35. The molecule has 27 heavy (non-hydrogen) atoms. The molecule has 1 aliphatic rings. The van der Waals surface area contributed by atoms with Crippen LogP contribution in [0.15, 0.2) is 33.5 Å². The second kappa shape index (κ2) is 7.20. The molecule has 5 nitrogen and oxygen atoms in total. The van der Waals surface area contributed by atoms with Crippen molar-refractivity contribution < 1.29 is 4.79 Å². The number of fused-ring (bicyclic) bond motifs is 3. The SMILES string of the molecule is Cc1nc2sc3c(c2c(=O)n1CC(=O)Nc1cccc(Br)c1)CCC(C)C3. The average Bonchev–Trinajstić information content (AvgIpc) is 2.95. The Bertz CT molecular complexity index is 1100. The fraction of sp³-hybridized carbons (Fsp3) is 0.350. The Kier molecular flexibility index (Phi) is 4.90. The standard InChI is InChI=1S/C20H20BrN3O2S/c1-11-6-7-15-16(8-11)27-19-18(15)20(26)24(12(2)22-19)10-17(25)23-14-5-3-4-13(21)9-14/h3-5,9,11H,6-8,10H2,1-2H3,(H,23,25). The van der Waals surface area contributed by atoms with Crippen LogP contribution >= 0.6 is 27.3 Å². The third-order valence-electron chi connectivity index (χ3n) is 5.02. The zero-order valence-electron chi connectivity index (χ0n) is 15.2. The minimum atomic E-state index is -0.239. The zero-order valence-corrected chi connectivity index (χ0v) is 17.6. The van der Waals surface area contributed by atoms with E-state index in [0.717, 1.165) is 34.1 Å². The fourth-order valence-electron chi connectivity index (χ4n) is 3.62. The topological polar surface area (TPSA) is 64.0 Å². The van der Waals surface area contributed by atoms with E-state index in [0.29, 0.717) is 22.8 Å². The molecule has 1 aliphatic carbocycles. The van der Waals surface area contributed by atoms with Crippen molar-refractivity contribution in [2.75, 3.05) is 5.32 Å². The second-order valence-electron chi connectivity index (χ2n) is 7.14. The van der Waals surface area contributed by atoms with E-state index >= 15 is 0 Å².